The van der Waals surface area contributed by atoms with Crippen LogP contribution in [0.4, 0.5) is 13.2 Å². The molecule has 1 aromatic carbocycles. The molecule has 1 aliphatic rings. The minimum atomic E-state index is -4.45. The van der Waals surface area contributed by atoms with Crippen molar-refractivity contribution in [2.45, 2.75) is 38.1 Å². The molecule has 3 heterocycles. The number of likely N-dealkylation sites (tertiary alicyclic amines) is 1. The van der Waals surface area contributed by atoms with Crippen molar-refractivity contribution in [3.63, 3.8) is 0 Å². The SMILES string of the molecule is CC(=O)N1CCC(O)(Cn2cnc3c(cnn3-c3ccc(C(F)(F)F)cc3)c2=O)CC1. The average Bonchev–Trinajstić information content (AvgIpc) is 3.15. The summed E-state index contributed by atoms with van der Waals surface area (Å²) in [5.74, 6) is -0.0574. The molecule has 0 unspecified atom stereocenters. The molecule has 11 heteroatoms. The van der Waals surface area contributed by atoms with Crippen molar-refractivity contribution in [1.82, 2.24) is 24.2 Å². The Morgan fingerprint density at radius 1 is 1.19 bits per heavy atom. The van der Waals surface area contributed by atoms with E-state index in [-0.39, 0.29) is 23.5 Å². The van der Waals surface area contributed by atoms with Gasteiger partial charge in [-0.1, -0.05) is 0 Å². The van der Waals surface area contributed by atoms with Gasteiger partial charge >= 0.3 is 6.18 Å². The summed E-state index contributed by atoms with van der Waals surface area (Å²) < 4.78 is 40.9. The number of rotatable bonds is 3. The van der Waals surface area contributed by atoms with Crippen LogP contribution in [0, 0.1) is 0 Å². The van der Waals surface area contributed by atoms with Crippen molar-refractivity contribution < 1.29 is 23.1 Å². The molecule has 164 valence electrons. The van der Waals surface area contributed by atoms with Crippen molar-refractivity contribution in [1.29, 1.82) is 0 Å². The van der Waals surface area contributed by atoms with Crippen LogP contribution in [0.15, 0.2) is 41.6 Å². The number of aromatic nitrogens is 4. The number of amides is 1. The maximum Gasteiger partial charge on any atom is 0.416 e. The first kappa shape index (κ1) is 21.0. The third-order valence-electron chi connectivity index (χ3n) is 5.60. The summed E-state index contributed by atoms with van der Waals surface area (Å²) in [5.41, 5.74) is -1.80. The van der Waals surface area contributed by atoms with Gasteiger partial charge in [-0.2, -0.15) is 18.3 Å². The minimum absolute atomic E-state index is 0.0198. The summed E-state index contributed by atoms with van der Waals surface area (Å²) in [4.78, 5) is 30.3. The van der Waals surface area contributed by atoms with Gasteiger partial charge in [-0.25, -0.2) is 9.67 Å². The Kier molecular flexibility index (Phi) is 5.08. The van der Waals surface area contributed by atoms with E-state index in [0.717, 1.165) is 12.1 Å². The van der Waals surface area contributed by atoms with Crippen LogP contribution in [0.5, 0.6) is 0 Å². The van der Waals surface area contributed by atoms with E-state index in [0.29, 0.717) is 31.6 Å². The highest BCUT2D eigenvalue weighted by atomic mass is 19.4. The van der Waals surface area contributed by atoms with Crippen molar-refractivity contribution in [3.05, 3.63) is 52.7 Å². The first-order valence-electron chi connectivity index (χ1n) is 9.66. The van der Waals surface area contributed by atoms with Crippen LogP contribution in [0.25, 0.3) is 16.7 Å². The van der Waals surface area contributed by atoms with Gasteiger partial charge in [0, 0.05) is 20.0 Å². The standard InChI is InChI=1S/C20H20F3N5O3/c1-13(29)26-8-6-19(31,7-9-26)11-27-12-24-17-16(18(27)30)10-25-28(17)15-4-2-14(3-5-15)20(21,22)23/h2-5,10,12,31H,6-9,11H2,1H3. The van der Waals surface area contributed by atoms with Crippen molar-refractivity contribution >= 4 is 16.9 Å². The molecule has 1 saturated heterocycles. The summed E-state index contributed by atoms with van der Waals surface area (Å²) in [5, 5.41) is 15.2. The number of fused-ring (bicyclic) bond motifs is 1. The summed E-state index contributed by atoms with van der Waals surface area (Å²) in [7, 11) is 0. The molecule has 1 N–H and O–H groups in total. The lowest BCUT2D eigenvalue weighted by Crippen LogP contribution is -2.49. The van der Waals surface area contributed by atoms with Gasteiger partial charge in [0.05, 0.1) is 29.6 Å². The molecule has 0 saturated carbocycles. The highest BCUT2D eigenvalue weighted by Gasteiger charge is 2.34. The lowest BCUT2D eigenvalue weighted by molar-refractivity contribution is -0.137. The summed E-state index contributed by atoms with van der Waals surface area (Å²) >= 11 is 0. The Bertz CT molecular complexity index is 1180. The zero-order valence-corrected chi connectivity index (χ0v) is 16.6. The van der Waals surface area contributed by atoms with Gasteiger partial charge in [0.1, 0.15) is 11.7 Å². The molecule has 31 heavy (non-hydrogen) atoms. The quantitative estimate of drug-likeness (QED) is 0.679. The number of hydrogen-bond donors (Lipinski definition) is 1. The van der Waals surface area contributed by atoms with Gasteiger partial charge < -0.3 is 10.0 Å². The molecule has 0 bridgehead atoms. The zero-order valence-electron chi connectivity index (χ0n) is 16.6. The third kappa shape index (κ3) is 4.05. The largest absolute Gasteiger partial charge is 0.416 e. The molecule has 3 aromatic rings. The van der Waals surface area contributed by atoms with Crippen LogP contribution >= 0.6 is 0 Å². The monoisotopic (exact) mass is 435 g/mol. The highest BCUT2D eigenvalue weighted by Crippen LogP contribution is 2.30. The number of carbonyl (C=O) groups is 1. The van der Waals surface area contributed by atoms with Crippen LogP contribution in [0.2, 0.25) is 0 Å². The fourth-order valence-corrected chi connectivity index (χ4v) is 3.75. The van der Waals surface area contributed by atoms with Gasteiger partial charge in [-0.3, -0.25) is 14.2 Å². The van der Waals surface area contributed by atoms with Crippen LogP contribution in [-0.4, -0.2) is 53.9 Å². The van der Waals surface area contributed by atoms with E-state index in [1.54, 1.807) is 4.90 Å². The predicted octanol–water partition coefficient (Wildman–Crippen LogP) is 1.97. The van der Waals surface area contributed by atoms with Gasteiger partial charge in [0.25, 0.3) is 5.56 Å². The molecule has 1 fully saturated rings. The predicted molar refractivity (Wildman–Crippen MR) is 105 cm³/mol. The molecule has 0 radical (unpaired) electrons. The maximum absolute atomic E-state index is 12.9. The Morgan fingerprint density at radius 3 is 2.42 bits per heavy atom. The fraction of sp³-hybridized carbons (Fsp3) is 0.400. The molecule has 1 amide bonds. The lowest BCUT2D eigenvalue weighted by Gasteiger charge is -2.38. The van der Waals surface area contributed by atoms with Crippen molar-refractivity contribution in [2.24, 2.45) is 0 Å². The molecule has 0 atom stereocenters. The van der Waals surface area contributed by atoms with Gasteiger partial charge in [-0.15, -0.1) is 0 Å². The highest BCUT2D eigenvalue weighted by molar-refractivity contribution is 5.75. The van der Waals surface area contributed by atoms with Gasteiger partial charge in [0.2, 0.25) is 5.91 Å². The maximum atomic E-state index is 12.9. The number of nitrogens with zero attached hydrogens (tertiary/aromatic N) is 5. The molecular weight excluding hydrogens is 415 g/mol. The molecule has 8 nitrogen and oxygen atoms in total. The Labute approximate surface area is 174 Å². The second-order valence-electron chi connectivity index (χ2n) is 7.75. The molecule has 0 aliphatic carbocycles. The first-order valence-corrected chi connectivity index (χ1v) is 9.66. The van der Waals surface area contributed by atoms with E-state index in [9.17, 15) is 27.9 Å². The number of alkyl halides is 3. The number of benzene rings is 1. The van der Waals surface area contributed by atoms with E-state index in [1.807, 2.05) is 0 Å². The molecule has 2 aromatic heterocycles. The minimum Gasteiger partial charge on any atom is -0.388 e. The second-order valence-corrected chi connectivity index (χ2v) is 7.75. The molecule has 1 aliphatic heterocycles. The van der Waals surface area contributed by atoms with Crippen LogP contribution in [0.1, 0.15) is 25.3 Å². The Balaban J connectivity index is 1.60. The number of halogens is 3. The molecule has 0 spiro atoms. The first-order chi connectivity index (χ1) is 14.6. The smallest absolute Gasteiger partial charge is 0.388 e. The zero-order chi connectivity index (χ0) is 22.4. The lowest BCUT2D eigenvalue weighted by atomic mass is 9.91. The van der Waals surface area contributed by atoms with Crippen LogP contribution < -0.4 is 5.56 Å². The number of hydrogen-bond acceptors (Lipinski definition) is 5. The average molecular weight is 435 g/mol. The van der Waals surface area contributed by atoms with E-state index >= 15 is 0 Å². The summed E-state index contributed by atoms with van der Waals surface area (Å²) in [6.07, 6.45) is -1.18. The van der Waals surface area contributed by atoms with E-state index < -0.39 is 22.9 Å². The van der Waals surface area contributed by atoms with E-state index in [1.165, 1.54) is 40.8 Å². The normalized spacial score (nSPS) is 16.6. The van der Waals surface area contributed by atoms with Crippen LogP contribution in [0.3, 0.4) is 0 Å². The third-order valence-corrected chi connectivity index (χ3v) is 5.60. The summed E-state index contributed by atoms with van der Waals surface area (Å²) in [6, 6.07) is 4.39. The Hall–Kier alpha value is -3.21. The Morgan fingerprint density at radius 2 is 1.84 bits per heavy atom. The second kappa shape index (κ2) is 7.49. The number of piperidine rings is 1. The van der Waals surface area contributed by atoms with Gasteiger partial charge in [-0.05, 0) is 37.1 Å². The van der Waals surface area contributed by atoms with Gasteiger partial charge in [0.15, 0.2) is 5.65 Å². The molecule has 4 rings (SSSR count). The number of aliphatic hydroxyl groups is 1. The van der Waals surface area contributed by atoms with E-state index in [4.69, 9.17) is 0 Å². The molecular formula is C20H20F3N5O3. The van der Waals surface area contributed by atoms with E-state index in [2.05, 4.69) is 10.1 Å². The fourth-order valence-electron chi connectivity index (χ4n) is 3.75. The van der Waals surface area contributed by atoms with Crippen molar-refractivity contribution in [2.75, 3.05) is 13.1 Å². The van der Waals surface area contributed by atoms with Crippen molar-refractivity contribution in [3.8, 4) is 5.69 Å². The topological polar surface area (TPSA) is 93.2 Å². The van der Waals surface area contributed by atoms with Crippen LogP contribution in [-0.2, 0) is 17.5 Å². The number of carbonyl (C=O) groups excluding carboxylic acids is 1. The summed E-state index contributed by atoms with van der Waals surface area (Å²) in [6.45, 7) is 2.30.